The Morgan fingerprint density at radius 3 is 2.20 bits per heavy atom. The van der Waals surface area contributed by atoms with Crippen LogP contribution in [0.15, 0.2) is 24.3 Å². The Bertz CT molecular complexity index is 1090. The molecule has 3 atom stereocenters. The molecule has 3 aliphatic rings. The van der Waals surface area contributed by atoms with Crippen LogP contribution in [0, 0.1) is 11.8 Å². The lowest BCUT2D eigenvalue weighted by Crippen LogP contribution is -2.58. The number of ketones is 1. The first-order valence-electron chi connectivity index (χ1n) is 14.6. The predicted molar refractivity (Wildman–Crippen MR) is 148 cm³/mol. The fourth-order valence-electron chi connectivity index (χ4n) is 6.33. The maximum absolute atomic E-state index is 14.1. The molecule has 1 aromatic rings. The number of nitrogens with two attached hydrogens (primary N) is 1. The van der Waals surface area contributed by atoms with E-state index in [1.807, 2.05) is 38.1 Å². The van der Waals surface area contributed by atoms with E-state index in [0.717, 1.165) is 43.2 Å². The van der Waals surface area contributed by atoms with Gasteiger partial charge in [0.2, 0.25) is 17.6 Å². The van der Waals surface area contributed by atoms with E-state index in [1.165, 1.54) is 4.90 Å². The Kier molecular flexibility index (Phi) is 9.81. The van der Waals surface area contributed by atoms with Crippen LogP contribution in [0.25, 0.3) is 0 Å². The number of alkyl carbamates (subject to hydrolysis) is 1. The van der Waals surface area contributed by atoms with Crippen LogP contribution >= 0.6 is 0 Å². The smallest absolute Gasteiger partial charge is 0.408 e. The van der Waals surface area contributed by atoms with Gasteiger partial charge in [-0.05, 0) is 80.8 Å². The lowest BCUT2D eigenvalue weighted by Gasteiger charge is -2.32. The molecule has 0 radical (unpaired) electrons. The van der Waals surface area contributed by atoms with Crippen molar-refractivity contribution in [1.29, 1.82) is 0 Å². The summed E-state index contributed by atoms with van der Waals surface area (Å²) in [6.45, 7) is 4.10. The highest BCUT2D eigenvalue weighted by atomic mass is 16.6. The van der Waals surface area contributed by atoms with Gasteiger partial charge < -0.3 is 26.0 Å². The number of carbonyl (C=O) groups is 5. The SMILES string of the molecule is CC(C)CC(NC(=O)C1CCCN1C(=O)C(NC(=O)OC1CCCCC1)C1Cc2ccccc2C1)C(=O)C(N)=O. The third kappa shape index (κ3) is 7.20. The van der Waals surface area contributed by atoms with Gasteiger partial charge in [-0.25, -0.2) is 4.79 Å². The lowest BCUT2D eigenvalue weighted by molar-refractivity contribution is -0.143. The van der Waals surface area contributed by atoms with E-state index in [1.54, 1.807) is 0 Å². The second-order valence-corrected chi connectivity index (χ2v) is 11.8. The zero-order valence-electron chi connectivity index (χ0n) is 23.5. The summed E-state index contributed by atoms with van der Waals surface area (Å²) in [5, 5.41) is 5.56. The summed E-state index contributed by atoms with van der Waals surface area (Å²) in [5.74, 6) is -2.94. The number of hydrogen-bond donors (Lipinski definition) is 3. The van der Waals surface area contributed by atoms with E-state index in [2.05, 4.69) is 10.6 Å². The number of ether oxygens (including phenoxy) is 1. The van der Waals surface area contributed by atoms with Crippen molar-refractivity contribution in [3.63, 3.8) is 0 Å². The van der Waals surface area contributed by atoms with Crippen LogP contribution in [0.4, 0.5) is 4.79 Å². The van der Waals surface area contributed by atoms with Crippen molar-refractivity contribution in [1.82, 2.24) is 15.5 Å². The summed E-state index contributed by atoms with van der Waals surface area (Å²) < 4.78 is 5.70. The standard InChI is InChI=1S/C30H42N4O6/c1-18(2)15-23(26(35)27(31)36)32-28(37)24-13-8-14-34(24)29(38)25(21-16-19-9-6-7-10-20(19)17-21)33-30(39)40-22-11-4-3-5-12-22/h6-7,9-10,18,21-25H,3-5,8,11-17H2,1-2H3,(H2,31,36)(H,32,37)(H,33,39). The number of amides is 4. The Balaban J connectivity index is 1.50. The number of nitrogens with zero attached hydrogens (tertiary/aromatic N) is 1. The van der Waals surface area contributed by atoms with Crippen LogP contribution < -0.4 is 16.4 Å². The van der Waals surface area contributed by atoms with E-state index in [0.29, 0.717) is 32.2 Å². The molecule has 2 aliphatic carbocycles. The summed E-state index contributed by atoms with van der Waals surface area (Å²) in [5.41, 5.74) is 7.51. The van der Waals surface area contributed by atoms with Gasteiger partial charge in [-0.1, -0.05) is 44.5 Å². The van der Waals surface area contributed by atoms with Crippen molar-refractivity contribution >= 4 is 29.6 Å². The summed E-state index contributed by atoms with van der Waals surface area (Å²) >= 11 is 0. The molecule has 10 nitrogen and oxygen atoms in total. The Morgan fingerprint density at radius 2 is 1.60 bits per heavy atom. The molecule has 1 heterocycles. The lowest BCUT2D eigenvalue weighted by atomic mass is 9.94. The molecule has 4 rings (SSSR count). The highest BCUT2D eigenvalue weighted by Crippen LogP contribution is 2.31. The van der Waals surface area contributed by atoms with Crippen molar-refractivity contribution in [3.05, 3.63) is 35.4 Å². The number of benzene rings is 1. The van der Waals surface area contributed by atoms with Crippen LogP contribution in [0.3, 0.4) is 0 Å². The maximum atomic E-state index is 14.1. The number of Topliss-reactive ketones (excluding diaryl/α,β-unsaturated/α-hetero) is 1. The predicted octanol–water partition coefficient (Wildman–Crippen LogP) is 2.41. The number of likely N-dealkylation sites (tertiary alicyclic amines) is 1. The van der Waals surface area contributed by atoms with Gasteiger partial charge in [0, 0.05) is 6.54 Å². The molecule has 1 saturated carbocycles. The fraction of sp³-hybridized carbons (Fsp3) is 0.633. The van der Waals surface area contributed by atoms with Gasteiger partial charge in [0.15, 0.2) is 0 Å². The number of carbonyl (C=O) groups excluding carboxylic acids is 5. The molecule has 1 saturated heterocycles. The van der Waals surface area contributed by atoms with Crippen LogP contribution in [-0.4, -0.2) is 65.3 Å². The molecule has 0 spiro atoms. The molecule has 0 bridgehead atoms. The minimum absolute atomic E-state index is 0.0302. The first kappa shape index (κ1) is 29.6. The molecule has 218 valence electrons. The summed E-state index contributed by atoms with van der Waals surface area (Å²) in [7, 11) is 0. The van der Waals surface area contributed by atoms with E-state index in [9.17, 15) is 24.0 Å². The van der Waals surface area contributed by atoms with Gasteiger partial charge in [0.1, 0.15) is 18.2 Å². The highest BCUT2D eigenvalue weighted by Gasteiger charge is 2.43. The minimum atomic E-state index is -1.10. The monoisotopic (exact) mass is 554 g/mol. The minimum Gasteiger partial charge on any atom is -0.446 e. The quantitative estimate of drug-likeness (QED) is 0.378. The van der Waals surface area contributed by atoms with Crippen molar-refractivity contribution in [2.24, 2.45) is 17.6 Å². The summed E-state index contributed by atoms with van der Waals surface area (Å²) in [6, 6.07) is 5.27. The average molecular weight is 555 g/mol. The summed E-state index contributed by atoms with van der Waals surface area (Å²) in [6.07, 6.45) is 6.56. The maximum Gasteiger partial charge on any atom is 0.408 e. The van der Waals surface area contributed by atoms with Crippen LogP contribution in [0.5, 0.6) is 0 Å². The molecule has 4 amide bonds. The van der Waals surface area contributed by atoms with Gasteiger partial charge in [-0.2, -0.15) is 0 Å². The molecule has 1 aromatic carbocycles. The molecule has 4 N–H and O–H groups in total. The molecular weight excluding hydrogens is 512 g/mol. The average Bonchev–Trinajstić information content (AvgIpc) is 3.58. The first-order chi connectivity index (χ1) is 19.1. The highest BCUT2D eigenvalue weighted by molar-refractivity contribution is 6.37. The van der Waals surface area contributed by atoms with Gasteiger partial charge in [0.05, 0.1) is 6.04 Å². The van der Waals surface area contributed by atoms with Gasteiger partial charge in [0.25, 0.3) is 5.91 Å². The topological polar surface area (TPSA) is 148 Å². The zero-order valence-corrected chi connectivity index (χ0v) is 23.5. The van der Waals surface area contributed by atoms with Crippen LogP contribution in [-0.2, 0) is 36.8 Å². The molecule has 1 aliphatic heterocycles. The number of nitrogens with one attached hydrogen (secondary N) is 2. The number of hydrogen-bond acceptors (Lipinski definition) is 6. The Morgan fingerprint density at radius 1 is 0.950 bits per heavy atom. The second-order valence-electron chi connectivity index (χ2n) is 11.8. The fourth-order valence-corrected chi connectivity index (χ4v) is 6.33. The van der Waals surface area contributed by atoms with Crippen molar-refractivity contribution in [2.45, 2.75) is 102 Å². The third-order valence-corrected chi connectivity index (χ3v) is 8.34. The normalized spacial score (nSPS) is 21.0. The van der Waals surface area contributed by atoms with Gasteiger partial charge in [-0.3, -0.25) is 19.2 Å². The van der Waals surface area contributed by atoms with E-state index < -0.39 is 41.8 Å². The molecule has 40 heavy (non-hydrogen) atoms. The number of rotatable bonds is 10. The van der Waals surface area contributed by atoms with E-state index >= 15 is 0 Å². The number of fused-ring (bicyclic) bond motifs is 1. The van der Waals surface area contributed by atoms with Gasteiger partial charge >= 0.3 is 6.09 Å². The molecule has 10 heteroatoms. The first-order valence-corrected chi connectivity index (χ1v) is 14.6. The zero-order chi connectivity index (χ0) is 28.8. The molecule has 3 unspecified atom stereocenters. The summed E-state index contributed by atoms with van der Waals surface area (Å²) in [4.78, 5) is 65.9. The van der Waals surface area contributed by atoms with E-state index in [-0.39, 0.29) is 30.3 Å². The van der Waals surface area contributed by atoms with Crippen molar-refractivity contribution < 1.29 is 28.7 Å². The Hall–Kier alpha value is -3.43. The van der Waals surface area contributed by atoms with Crippen LogP contribution in [0.1, 0.15) is 76.3 Å². The van der Waals surface area contributed by atoms with E-state index in [4.69, 9.17) is 10.5 Å². The third-order valence-electron chi connectivity index (χ3n) is 8.34. The van der Waals surface area contributed by atoms with Crippen molar-refractivity contribution in [2.75, 3.05) is 6.54 Å². The van der Waals surface area contributed by atoms with Crippen molar-refractivity contribution in [3.8, 4) is 0 Å². The largest absolute Gasteiger partial charge is 0.446 e. The second kappa shape index (κ2) is 13.3. The molecule has 2 fully saturated rings. The van der Waals surface area contributed by atoms with Crippen LogP contribution in [0.2, 0.25) is 0 Å². The number of primary amides is 1. The van der Waals surface area contributed by atoms with Gasteiger partial charge in [-0.15, -0.1) is 0 Å². The Labute approximate surface area is 235 Å². The molecule has 0 aromatic heterocycles. The molecular formula is C30H42N4O6.